The number of carbonyl (C=O) groups is 1. The summed E-state index contributed by atoms with van der Waals surface area (Å²) in [6.07, 6.45) is 4.16. The Kier molecular flexibility index (Phi) is 6.21. The molecule has 1 heterocycles. The number of hydrogen-bond acceptors (Lipinski definition) is 6. The minimum Gasteiger partial charge on any atom is -0.398 e. The van der Waals surface area contributed by atoms with Crippen molar-refractivity contribution in [3.63, 3.8) is 0 Å². The van der Waals surface area contributed by atoms with Crippen LogP contribution in [0.3, 0.4) is 0 Å². The van der Waals surface area contributed by atoms with E-state index in [2.05, 4.69) is 16.7 Å². The fourth-order valence-corrected chi connectivity index (χ4v) is 4.19. The van der Waals surface area contributed by atoms with E-state index in [1.807, 2.05) is 49.3 Å². The molecular weight excluding hydrogens is 388 g/mol. The number of carbonyl (C=O) groups excluding carboxylic acids is 1. The molecule has 0 aliphatic heterocycles. The number of para-hydroxylation sites is 2. The van der Waals surface area contributed by atoms with Crippen molar-refractivity contribution in [1.29, 1.82) is 0 Å². The van der Waals surface area contributed by atoms with Crippen LogP contribution < -0.4 is 21.3 Å². The first-order valence-corrected chi connectivity index (χ1v) is 10.8. The lowest BCUT2D eigenvalue weighted by Gasteiger charge is -2.29. The Balaban J connectivity index is 1.32. The van der Waals surface area contributed by atoms with Crippen molar-refractivity contribution in [1.82, 2.24) is 15.3 Å². The van der Waals surface area contributed by atoms with Crippen LogP contribution in [0.4, 0.5) is 17.5 Å². The number of nitrogen functional groups attached to an aromatic ring is 1. The third-order valence-electron chi connectivity index (χ3n) is 5.94. The average Bonchev–Trinajstić information content (AvgIpc) is 2.78. The smallest absolute Gasteiger partial charge is 0.253 e. The van der Waals surface area contributed by atoms with Gasteiger partial charge in [-0.05, 0) is 55.9 Å². The van der Waals surface area contributed by atoms with Gasteiger partial charge in [0.25, 0.3) is 5.91 Å². The molecule has 1 amide bonds. The molecular formula is C24H30N6O. The summed E-state index contributed by atoms with van der Waals surface area (Å²) in [5, 5.41) is 7.63. The molecule has 7 nitrogen and oxygen atoms in total. The Bertz CT molecular complexity index is 1060. The van der Waals surface area contributed by atoms with Gasteiger partial charge in [0.05, 0.1) is 11.1 Å². The second-order valence-electron chi connectivity index (χ2n) is 8.44. The number of nitrogens with two attached hydrogens (primary N) is 1. The second kappa shape index (κ2) is 9.20. The molecule has 4 N–H and O–H groups in total. The van der Waals surface area contributed by atoms with Crippen LogP contribution in [0.15, 0.2) is 48.5 Å². The van der Waals surface area contributed by atoms with Crippen LogP contribution in [0.2, 0.25) is 0 Å². The summed E-state index contributed by atoms with van der Waals surface area (Å²) in [7, 11) is 4.00. The van der Waals surface area contributed by atoms with E-state index in [0.29, 0.717) is 35.7 Å². The van der Waals surface area contributed by atoms with Gasteiger partial charge in [0.15, 0.2) is 0 Å². The van der Waals surface area contributed by atoms with Gasteiger partial charge >= 0.3 is 0 Å². The number of nitrogens with zero attached hydrogens (tertiary/aromatic N) is 3. The van der Waals surface area contributed by atoms with Crippen LogP contribution in [-0.4, -0.2) is 42.6 Å². The first-order chi connectivity index (χ1) is 15.0. The topological polar surface area (TPSA) is 96.2 Å². The van der Waals surface area contributed by atoms with Crippen LogP contribution in [0, 0.1) is 5.92 Å². The highest BCUT2D eigenvalue weighted by molar-refractivity contribution is 5.99. The van der Waals surface area contributed by atoms with Crippen molar-refractivity contribution in [3.8, 4) is 0 Å². The van der Waals surface area contributed by atoms with Gasteiger partial charge in [-0.15, -0.1) is 0 Å². The number of nitrogens with one attached hydrogen (secondary N) is 2. The third kappa shape index (κ3) is 4.87. The Labute approximate surface area is 183 Å². The van der Waals surface area contributed by atoms with Gasteiger partial charge < -0.3 is 21.3 Å². The lowest BCUT2D eigenvalue weighted by molar-refractivity contribution is 0.0944. The minimum absolute atomic E-state index is 0.0980. The van der Waals surface area contributed by atoms with Crippen LogP contribution in [0.5, 0.6) is 0 Å². The van der Waals surface area contributed by atoms with Crippen LogP contribution >= 0.6 is 0 Å². The zero-order valence-electron chi connectivity index (χ0n) is 18.1. The highest BCUT2D eigenvalue weighted by atomic mass is 16.1. The number of benzene rings is 2. The SMILES string of the molecule is CN(C)c1nc(N[C@H]2CC[C@@H](CNC(=O)c3ccccc3N)CC2)nc2ccccc12. The van der Waals surface area contributed by atoms with Gasteiger partial charge in [-0.2, -0.15) is 4.98 Å². The molecule has 0 radical (unpaired) electrons. The van der Waals surface area contributed by atoms with E-state index in [1.165, 1.54) is 0 Å². The summed E-state index contributed by atoms with van der Waals surface area (Å²) in [5.74, 6) is 1.98. The normalized spacial score (nSPS) is 18.5. The molecule has 7 heteroatoms. The maximum atomic E-state index is 12.4. The van der Waals surface area contributed by atoms with Gasteiger partial charge in [0.1, 0.15) is 5.82 Å². The maximum absolute atomic E-state index is 12.4. The molecule has 4 rings (SSSR count). The number of fused-ring (bicyclic) bond motifs is 1. The fraction of sp³-hybridized carbons (Fsp3) is 0.375. The quantitative estimate of drug-likeness (QED) is 0.529. The van der Waals surface area contributed by atoms with Gasteiger partial charge in [0, 0.05) is 37.8 Å². The largest absolute Gasteiger partial charge is 0.398 e. The number of rotatable bonds is 6. The zero-order valence-corrected chi connectivity index (χ0v) is 18.1. The molecule has 3 aromatic rings. The van der Waals surface area contributed by atoms with Gasteiger partial charge in [-0.25, -0.2) is 4.98 Å². The van der Waals surface area contributed by atoms with E-state index in [1.54, 1.807) is 12.1 Å². The summed E-state index contributed by atoms with van der Waals surface area (Å²) < 4.78 is 0. The van der Waals surface area contributed by atoms with Crippen LogP contribution in [0.25, 0.3) is 10.9 Å². The minimum atomic E-state index is -0.0980. The second-order valence-corrected chi connectivity index (χ2v) is 8.44. The first-order valence-electron chi connectivity index (χ1n) is 10.8. The fourth-order valence-electron chi connectivity index (χ4n) is 4.19. The molecule has 1 aliphatic rings. The number of hydrogen-bond donors (Lipinski definition) is 3. The van der Waals surface area contributed by atoms with Crippen molar-refractivity contribution in [2.45, 2.75) is 31.7 Å². The van der Waals surface area contributed by atoms with Crippen molar-refractivity contribution < 1.29 is 4.79 Å². The average molecular weight is 419 g/mol. The summed E-state index contributed by atoms with van der Waals surface area (Å²) >= 11 is 0. The van der Waals surface area contributed by atoms with E-state index in [-0.39, 0.29) is 5.91 Å². The summed E-state index contributed by atoms with van der Waals surface area (Å²) in [4.78, 5) is 23.9. The summed E-state index contributed by atoms with van der Waals surface area (Å²) in [6.45, 7) is 0.678. The van der Waals surface area contributed by atoms with Crippen LogP contribution in [-0.2, 0) is 0 Å². The standard InChI is InChI=1S/C24H30N6O/c1-30(2)22-19-8-4-6-10-21(19)28-24(29-22)27-17-13-11-16(12-14-17)15-26-23(31)18-7-3-5-9-20(18)25/h3-10,16-17H,11-15,25H2,1-2H3,(H,26,31)(H,27,28,29)/t16-,17+. The highest BCUT2D eigenvalue weighted by Gasteiger charge is 2.23. The van der Waals surface area contributed by atoms with Crippen molar-refractivity contribution >= 4 is 34.3 Å². The molecule has 0 spiro atoms. The summed E-state index contributed by atoms with van der Waals surface area (Å²) in [6, 6.07) is 15.6. The van der Waals surface area contributed by atoms with E-state index in [9.17, 15) is 4.79 Å². The maximum Gasteiger partial charge on any atom is 0.253 e. The Hall–Kier alpha value is -3.35. The Morgan fingerprint density at radius 3 is 2.48 bits per heavy atom. The first kappa shape index (κ1) is 20.9. The van der Waals surface area contributed by atoms with Crippen LogP contribution in [0.1, 0.15) is 36.0 Å². The monoisotopic (exact) mass is 418 g/mol. The zero-order chi connectivity index (χ0) is 21.8. The number of aromatic nitrogens is 2. The molecule has 0 atom stereocenters. The molecule has 1 saturated carbocycles. The lowest BCUT2D eigenvalue weighted by atomic mass is 9.86. The van der Waals surface area contributed by atoms with E-state index < -0.39 is 0 Å². The Morgan fingerprint density at radius 2 is 1.74 bits per heavy atom. The van der Waals surface area contributed by atoms with E-state index in [0.717, 1.165) is 42.4 Å². The number of anilines is 3. The predicted molar refractivity (Wildman–Crippen MR) is 126 cm³/mol. The predicted octanol–water partition coefficient (Wildman–Crippen LogP) is 3.68. The van der Waals surface area contributed by atoms with Gasteiger partial charge in [-0.3, -0.25) is 4.79 Å². The molecule has 162 valence electrons. The molecule has 1 aromatic heterocycles. The highest BCUT2D eigenvalue weighted by Crippen LogP contribution is 2.28. The molecule has 1 aliphatic carbocycles. The Morgan fingerprint density at radius 1 is 1.03 bits per heavy atom. The van der Waals surface area contributed by atoms with E-state index >= 15 is 0 Å². The van der Waals surface area contributed by atoms with Crippen molar-refractivity contribution in [3.05, 3.63) is 54.1 Å². The molecule has 31 heavy (non-hydrogen) atoms. The lowest BCUT2D eigenvalue weighted by Crippen LogP contribution is -2.34. The molecule has 0 saturated heterocycles. The summed E-state index contributed by atoms with van der Waals surface area (Å²) in [5.41, 5.74) is 7.90. The van der Waals surface area contributed by atoms with Crippen molar-refractivity contribution in [2.24, 2.45) is 5.92 Å². The molecule has 0 bridgehead atoms. The number of amides is 1. The molecule has 2 aromatic carbocycles. The molecule has 0 unspecified atom stereocenters. The van der Waals surface area contributed by atoms with E-state index in [4.69, 9.17) is 15.7 Å². The van der Waals surface area contributed by atoms with Gasteiger partial charge in [-0.1, -0.05) is 24.3 Å². The molecule has 1 fully saturated rings. The van der Waals surface area contributed by atoms with Gasteiger partial charge in [0.2, 0.25) is 5.95 Å². The third-order valence-corrected chi connectivity index (χ3v) is 5.94. The van der Waals surface area contributed by atoms with Crippen molar-refractivity contribution in [2.75, 3.05) is 36.6 Å².